The van der Waals surface area contributed by atoms with Gasteiger partial charge in [-0.05, 0) is 38.8 Å². The predicted octanol–water partition coefficient (Wildman–Crippen LogP) is 0.187. The number of hydrogen-bond donors (Lipinski definition) is 5. The van der Waals surface area contributed by atoms with Crippen molar-refractivity contribution in [2.75, 3.05) is 19.8 Å². The van der Waals surface area contributed by atoms with Gasteiger partial charge in [0.25, 0.3) is 0 Å². The van der Waals surface area contributed by atoms with E-state index in [0.29, 0.717) is 24.8 Å². The highest BCUT2D eigenvalue weighted by Crippen LogP contribution is 2.30. The molecule has 234 valence electrons. The van der Waals surface area contributed by atoms with Gasteiger partial charge in [-0.25, -0.2) is 4.79 Å². The lowest BCUT2D eigenvalue weighted by Gasteiger charge is -2.43. The topological polar surface area (TPSA) is 219 Å². The first-order chi connectivity index (χ1) is 19.8. The van der Waals surface area contributed by atoms with Crippen molar-refractivity contribution in [2.45, 2.75) is 82.0 Å². The second-order valence-electron chi connectivity index (χ2n) is 9.95. The standard InChI is InChI=1S/C26H37N3O12S/c1-14(31)27-22(26(3,4)42-29-37)23(35)28-19-21(34)20(33)18(13-30)41-25(19)39-12-8-7-11-38-24(36)16-9-5-6-10-17(16)40-15(2)32/h5-6,9-10,18-22,25,30,33-34H,7-8,11-13H2,1-4H3,(H,27,31)(H,28,35)/t18-,19-,20-,21-,22?,25?/m1/s1. The van der Waals surface area contributed by atoms with Gasteiger partial charge >= 0.3 is 11.9 Å². The quantitative estimate of drug-likeness (QED) is 0.0585. The molecule has 1 aliphatic rings. The van der Waals surface area contributed by atoms with Gasteiger partial charge in [0, 0.05) is 37.0 Å². The van der Waals surface area contributed by atoms with Crippen LogP contribution in [-0.2, 0) is 28.6 Å². The third kappa shape index (κ3) is 9.99. The average molecular weight is 616 g/mol. The number of esters is 2. The molecular weight excluding hydrogens is 578 g/mol. The Hall–Kier alpha value is -3.15. The van der Waals surface area contributed by atoms with Crippen molar-refractivity contribution in [1.29, 1.82) is 0 Å². The first kappa shape index (κ1) is 35.0. The Morgan fingerprint density at radius 3 is 2.38 bits per heavy atom. The van der Waals surface area contributed by atoms with Gasteiger partial charge in [0.2, 0.25) is 11.8 Å². The number of nitrogens with one attached hydrogen (secondary N) is 2. The molecule has 1 saturated heterocycles. The largest absolute Gasteiger partial charge is 0.462 e. The SMILES string of the molecule is CC(=O)NC(C(=O)N[C@H]1C(OCCCCOC(=O)c2ccccc2OC(C)=O)O[C@H](CO)[C@@H](O)[C@@H]1O)C(C)(C)SN=O. The maximum atomic E-state index is 13.2. The van der Waals surface area contributed by atoms with Crippen molar-refractivity contribution in [3.8, 4) is 5.75 Å². The van der Waals surface area contributed by atoms with Crippen LogP contribution in [0.25, 0.3) is 0 Å². The fourth-order valence-electron chi connectivity index (χ4n) is 4.06. The third-order valence-electron chi connectivity index (χ3n) is 6.18. The van der Waals surface area contributed by atoms with Crippen molar-refractivity contribution in [2.24, 2.45) is 4.58 Å². The summed E-state index contributed by atoms with van der Waals surface area (Å²) in [4.78, 5) is 59.5. The van der Waals surface area contributed by atoms with E-state index in [0.717, 1.165) is 0 Å². The number of carbonyl (C=O) groups is 4. The number of carbonyl (C=O) groups excluding carboxylic acids is 4. The zero-order valence-corrected chi connectivity index (χ0v) is 24.5. The maximum Gasteiger partial charge on any atom is 0.341 e. The number of rotatable bonds is 15. The van der Waals surface area contributed by atoms with E-state index in [1.807, 2.05) is 0 Å². The lowest BCUT2D eigenvalue weighted by atomic mass is 9.95. The molecule has 1 aliphatic heterocycles. The van der Waals surface area contributed by atoms with Crippen LogP contribution < -0.4 is 15.4 Å². The number of unbranched alkanes of at least 4 members (excludes halogenated alkanes) is 1. The van der Waals surface area contributed by atoms with Gasteiger partial charge in [0.1, 0.15) is 41.7 Å². The predicted molar refractivity (Wildman–Crippen MR) is 148 cm³/mol. The summed E-state index contributed by atoms with van der Waals surface area (Å²) >= 11 is 0.534. The number of nitroso groups, excluding NO2 is 1. The van der Waals surface area contributed by atoms with E-state index in [4.69, 9.17) is 18.9 Å². The Bertz CT molecular complexity index is 1100. The average Bonchev–Trinajstić information content (AvgIpc) is 2.92. The Balaban J connectivity index is 2.00. The Morgan fingerprint density at radius 2 is 1.76 bits per heavy atom. The second-order valence-corrected chi connectivity index (χ2v) is 11.3. The second kappa shape index (κ2) is 16.5. The minimum atomic E-state index is -1.62. The van der Waals surface area contributed by atoms with Crippen LogP contribution in [0.2, 0.25) is 0 Å². The van der Waals surface area contributed by atoms with Crippen LogP contribution in [0.1, 0.15) is 50.9 Å². The summed E-state index contributed by atoms with van der Waals surface area (Å²) < 4.78 is 23.1. The molecule has 1 fully saturated rings. The number of hydrogen-bond acceptors (Lipinski definition) is 14. The van der Waals surface area contributed by atoms with Gasteiger partial charge in [0.15, 0.2) is 6.29 Å². The lowest BCUT2D eigenvalue weighted by Crippen LogP contribution is -2.67. The van der Waals surface area contributed by atoms with Gasteiger partial charge < -0.3 is 44.9 Å². The van der Waals surface area contributed by atoms with Crippen LogP contribution in [0, 0.1) is 4.91 Å². The van der Waals surface area contributed by atoms with Gasteiger partial charge in [-0.3, -0.25) is 14.4 Å². The van der Waals surface area contributed by atoms with E-state index in [9.17, 15) is 39.4 Å². The van der Waals surface area contributed by atoms with Crippen LogP contribution in [-0.4, -0.2) is 100 Å². The first-order valence-corrected chi connectivity index (χ1v) is 13.9. The summed E-state index contributed by atoms with van der Waals surface area (Å²) in [6.07, 6.45) is -5.05. The molecule has 6 atom stereocenters. The van der Waals surface area contributed by atoms with Crippen LogP contribution in [0.3, 0.4) is 0 Å². The van der Waals surface area contributed by atoms with Gasteiger partial charge in [-0.15, -0.1) is 4.91 Å². The molecule has 15 nitrogen and oxygen atoms in total. The minimum Gasteiger partial charge on any atom is -0.462 e. The molecule has 2 unspecified atom stereocenters. The van der Waals surface area contributed by atoms with E-state index >= 15 is 0 Å². The summed E-state index contributed by atoms with van der Waals surface area (Å²) in [5, 5.41) is 35.6. The van der Waals surface area contributed by atoms with Crippen LogP contribution >= 0.6 is 11.9 Å². The molecule has 1 aromatic carbocycles. The fraction of sp³-hybridized carbons (Fsp3) is 0.615. The van der Waals surface area contributed by atoms with E-state index in [-0.39, 0.29) is 24.5 Å². The van der Waals surface area contributed by atoms with Crippen molar-refractivity contribution < 1.29 is 53.4 Å². The molecule has 0 bridgehead atoms. The number of benzene rings is 1. The van der Waals surface area contributed by atoms with Crippen LogP contribution in [0.5, 0.6) is 5.75 Å². The number of aliphatic hydroxyl groups is 3. The molecule has 2 rings (SSSR count). The summed E-state index contributed by atoms with van der Waals surface area (Å²) in [5.74, 6) is -2.56. The number of ether oxygens (including phenoxy) is 4. The van der Waals surface area contributed by atoms with Gasteiger partial charge in [-0.1, -0.05) is 12.1 Å². The summed E-state index contributed by atoms with van der Waals surface area (Å²) in [6.45, 7) is 4.78. The van der Waals surface area contributed by atoms with Crippen molar-refractivity contribution >= 4 is 35.7 Å². The van der Waals surface area contributed by atoms with Crippen molar-refractivity contribution in [3.05, 3.63) is 34.7 Å². The van der Waals surface area contributed by atoms with Crippen molar-refractivity contribution in [1.82, 2.24) is 10.6 Å². The first-order valence-electron chi connectivity index (χ1n) is 13.1. The molecule has 16 heteroatoms. The molecular formula is C26H37N3O12S. The van der Waals surface area contributed by atoms with E-state index < -0.39 is 71.8 Å². The fourth-order valence-corrected chi connectivity index (χ4v) is 4.52. The molecule has 5 N–H and O–H groups in total. The molecule has 0 saturated carbocycles. The highest BCUT2D eigenvalue weighted by Gasteiger charge is 2.47. The highest BCUT2D eigenvalue weighted by molar-refractivity contribution is 7.99. The number of amides is 2. The zero-order chi connectivity index (χ0) is 31.4. The molecule has 0 radical (unpaired) electrons. The molecule has 0 aromatic heterocycles. The summed E-state index contributed by atoms with van der Waals surface area (Å²) in [5.41, 5.74) is 0.0868. The Morgan fingerprint density at radius 1 is 1.10 bits per heavy atom. The number of para-hydroxylation sites is 1. The molecule has 1 heterocycles. The molecule has 0 aliphatic carbocycles. The van der Waals surface area contributed by atoms with Gasteiger partial charge in [-0.2, -0.15) is 0 Å². The van der Waals surface area contributed by atoms with Crippen LogP contribution in [0.4, 0.5) is 0 Å². The monoisotopic (exact) mass is 615 g/mol. The van der Waals surface area contributed by atoms with E-state index in [2.05, 4.69) is 15.2 Å². The van der Waals surface area contributed by atoms with Crippen molar-refractivity contribution in [3.63, 3.8) is 0 Å². The highest BCUT2D eigenvalue weighted by atomic mass is 32.2. The normalized spacial score (nSPS) is 22.9. The molecule has 1 aromatic rings. The molecule has 2 amide bonds. The minimum absolute atomic E-state index is 0.00119. The van der Waals surface area contributed by atoms with Gasteiger partial charge in [0.05, 0.1) is 18.0 Å². The van der Waals surface area contributed by atoms with E-state index in [1.54, 1.807) is 12.1 Å². The van der Waals surface area contributed by atoms with Crippen LogP contribution in [0.15, 0.2) is 28.8 Å². The zero-order valence-electron chi connectivity index (χ0n) is 23.7. The van der Waals surface area contributed by atoms with E-state index in [1.165, 1.54) is 39.8 Å². The maximum absolute atomic E-state index is 13.2. The molecule has 42 heavy (non-hydrogen) atoms. The Kier molecular flexibility index (Phi) is 13.8. The lowest BCUT2D eigenvalue weighted by molar-refractivity contribution is -0.270. The molecule has 0 spiro atoms. The smallest absolute Gasteiger partial charge is 0.341 e. The number of aliphatic hydroxyl groups excluding tert-OH is 3. The third-order valence-corrected chi connectivity index (χ3v) is 6.96. The summed E-state index contributed by atoms with van der Waals surface area (Å²) in [7, 11) is 0. The Labute approximate surface area is 246 Å². The summed E-state index contributed by atoms with van der Waals surface area (Å²) in [6, 6.07) is 3.54. The number of nitrogens with zero attached hydrogens (tertiary/aromatic N) is 1.